The zero-order chi connectivity index (χ0) is 13.5. The van der Waals surface area contributed by atoms with Gasteiger partial charge >= 0.3 is 5.69 Å². The number of nitrogens with zero attached hydrogens (tertiary/aromatic N) is 2. The molecule has 0 radical (unpaired) electrons. The first kappa shape index (κ1) is 14.7. The molecule has 0 spiro atoms. The maximum atomic E-state index is 10.7. The Kier molecular flexibility index (Phi) is 5.80. The number of nitro groups is 1. The predicted molar refractivity (Wildman–Crippen MR) is 72.7 cm³/mol. The molecule has 1 heterocycles. The molecule has 1 aromatic heterocycles. The zero-order valence-electron chi connectivity index (χ0n) is 9.63. The van der Waals surface area contributed by atoms with Crippen molar-refractivity contribution in [3.05, 3.63) is 39.2 Å². The summed E-state index contributed by atoms with van der Waals surface area (Å²) in [7, 11) is 0. The quantitative estimate of drug-likeness (QED) is 0.471. The van der Waals surface area contributed by atoms with Gasteiger partial charge in [-0.05, 0) is 6.42 Å². The molecular formula is C11H11ClN2O3S. The van der Waals surface area contributed by atoms with Gasteiger partial charge in [-0.1, -0.05) is 35.5 Å². The highest BCUT2D eigenvalue weighted by atomic mass is 35.5. The molecule has 0 amide bonds. The third kappa shape index (κ3) is 4.46. The molecule has 7 heteroatoms. The Morgan fingerprint density at radius 2 is 2.33 bits per heavy atom. The number of hydrogen-bond donors (Lipinski definition) is 0. The van der Waals surface area contributed by atoms with E-state index in [1.807, 2.05) is 6.08 Å². The molecule has 0 N–H and O–H groups in total. The van der Waals surface area contributed by atoms with Gasteiger partial charge in [0, 0.05) is 24.4 Å². The second-order valence-electron chi connectivity index (χ2n) is 3.35. The van der Waals surface area contributed by atoms with E-state index in [2.05, 4.69) is 4.98 Å². The molecule has 0 unspecified atom stereocenters. The standard InChI is InChI=1S/C11H11ClN2O3S/c1-8(15)18-5-3-2-4-9-6-13-7-10(11(9)12)14(16)17/h2,4,6-7H,3,5H2,1H3. The van der Waals surface area contributed by atoms with Gasteiger partial charge in [-0.3, -0.25) is 19.9 Å². The maximum Gasteiger partial charge on any atom is 0.306 e. The van der Waals surface area contributed by atoms with Crippen molar-refractivity contribution < 1.29 is 9.72 Å². The van der Waals surface area contributed by atoms with Crippen molar-refractivity contribution >= 4 is 40.2 Å². The summed E-state index contributed by atoms with van der Waals surface area (Å²) in [5.74, 6) is 0.672. The minimum absolute atomic E-state index is 0.0680. The van der Waals surface area contributed by atoms with E-state index in [1.165, 1.54) is 24.9 Å². The van der Waals surface area contributed by atoms with Crippen LogP contribution in [0.3, 0.4) is 0 Å². The fourth-order valence-corrected chi connectivity index (χ4v) is 1.94. The van der Waals surface area contributed by atoms with Gasteiger partial charge in [-0.2, -0.15) is 0 Å². The molecule has 0 saturated heterocycles. The molecule has 0 bridgehead atoms. The lowest BCUT2D eigenvalue weighted by Gasteiger charge is -1.98. The summed E-state index contributed by atoms with van der Waals surface area (Å²) >= 11 is 7.11. The third-order valence-corrected chi connectivity index (χ3v) is 3.23. The molecule has 0 saturated carbocycles. The van der Waals surface area contributed by atoms with Gasteiger partial charge in [0.05, 0.1) is 4.92 Å². The number of allylic oxidation sites excluding steroid dienone is 1. The topological polar surface area (TPSA) is 73.1 Å². The highest BCUT2D eigenvalue weighted by Gasteiger charge is 2.14. The van der Waals surface area contributed by atoms with Crippen molar-refractivity contribution in [2.45, 2.75) is 13.3 Å². The van der Waals surface area contributed by atoms with Crippen LogP contribution >= 0.6 is 23.4 Å². The Bertz CT molecular complexity index is 491. The number of aromatic nitrogens is 1. The highest BCUT2D eigenvalue weighted by molar-refractivity contribution is 8.13. The molecule has 5 nitrogen and oxygen atoms in total. The second kappa shape index (κ2) is 7.13. The zero-order valence-corrected chi connectivity index (χ0v) is 11.2. The molecule has 1 rings (SSSR count). The van der Waals surface area contributed by atoms with E-state index >= 15 is 0 Å². The summed E-state index contributed by atoms with van der Waals surface area (Å²) in [5.41, 5.74) is 0.288. The molecule has 18 heavy (non-hydrogen) atoms. The van der Waals surface area contributed by atoms with Gasteiger partial charge in [0.1, 0.15) is 11.2 Å². The van der Waals surface area contributed by atoms with Gasteiger partial charge in [0.25, 0.3) is 0 Å². The van der Waals surface area contributed by atoms with Crippen LogP contribution in [0.15, 0.2) is 18.5 Å². The molecule has 0 aliphatic heterocycles. The van der Waals surface area contributed by atoms with Crippen LogP contribution < -0.4 is 0 Å². The number of carbonyl (C=O) groups excluding carboxylic acids is 1. The monoisotopic (exact) mass is 286 g/mol. The van der Waals surface area contributed by atoms with Gasteiger partial charge < -0.3 is 0 Å². The predicted octanol–water partition coefficient (Wildman–Crippen LogP) is 3.33. The van der Waals surface area contributed by atoms with E-state index in [1.54, 1.807) is 6.08 Å². The van der Waals surface area contributed by atoms with Crippen LogP contribution in [0.4, 0.5) is 5.69 Å². The fourth-order valence-electron chi connectivity index (χ4n) is 1.17. The van der Waals surface area contributed by atoms with E-state index in [0.717, 1.165) is 6.20 Å². The lowest BCUT2D eigenvalue weighted by molar-refractivity contribution is -0.385. The lowest BCUT2D eigenvalue weighted by atomic mass is 10.2. The summed E-state index contributed by atoms with van der Waals surface area (Å²) in [6.45, 7) is 1.51. The van der Waals surface area contributed by atoms with Crippen LogP contribution in [0, 0.1) is 10.1 Å². The number of rotatable bonds is 5. The number of carbonyl (C=O) groups is 1. The van der Waals surface area contributed by atoms with Gasteiger partial charge in [0.15, 0.2) is 5.12 Å². The van der Waals surface area contributed by atoms with E-state index in [4.69, 9.17) is 11.6 Å². The smallest absolute Gasteiger partial charge is 0.288 e. The number of thioether (sulfide) groups is 1. The Labute approximate surface area is 113 Å². The molecule has 0 fully saturated rings. The minimum atomic E-state index is -0.571. The molecule has 0 atom stereocenters. The summed E-state index contributed by atoms with van der Waals surface area (Å²) in [6, 6.07) is 0. The van der Waals surface area contributed by atoms with E-state index in [9.17, 15) is 14.9 Å². The van der Waals surface area contributed by atoms with Gasteiger partial charge in [0.2, 0.25) is 0 Å². The maximum absolute atomic E-state index is 10.7. The van der Waals surface area contributed by atoms with Gasteiger partial charge in [-0.15, -0.1) is 0 Å². The highest BCUT2D eigenvalue weighted by Crippen LogP contribution is 2.27. The molecule has 96 valence electrons. The normalized spacial score (nSPS) is 10.8. The Morgan fingerprint density at radius 3 is 2.94 bits per heavy atom. The lowest BCUT2D eigenvalue weighted by Crippen LogP contribution is -1.92. The van der Waals surface area contributed by atoms with Crippen molar-refractivity contribution in [2.75, 3.05) is 5.75 Å². The van der Waals surface area contributed by atoms with Crippen LogP contribution in [0.5, 0.6) is 0 Å². The fraction of sp³-hybridized carbons (Fsp3) is 0.273. The number of hydrogen-bond acceptors (Lipinski definition) is 5. The second-order valence-corrected chi connectivity index (χ2v) is 5.00. The number of halogens is 1. The van der Waals surface area contributed by atoms with Crippen molar-refractivity contribution in [2.24, 2.45) is 0 Å². The Balaban J connectivity index is 2.67. The average Bonchev–Trinajstić information content (AvgIpc) is 2.30. The summed E-state index contributed by atoms with van der Waals surface area (Å²) in [6.07, 6.45) is 6.74. The first-order valence-corrected chi connectivity index (χ1v) is 6.46. The Hall–Kier alpha value is -1.40. The molecule has 0 aliphatic rings. The molecule has 1 aromatic rings. The molecular weight excluding hydrogens is 276 g/mol. The molecule has 0 aromatic carbocycles. The van der Waals surface area contributed by atoms with Crippen molar-refractivity contribution in [3.63, 3.8) is 0 Å². The van der Waals surface area contributed by atoms with Crippen molar-refractivity contribution in [3.8, 4) is 0 Å². The first-order valence-electron chi connectivity index (χ1n) is 5.10. The molecule has 0 aliphatic carbocycles. The van der Waals surface area contributed by atoms with Crippen LogP contribution in [-0.4, -0.2) is 20.8 Å². The average molecular weight is 287 g/mol. The third-order valence-electron chi connectivity index (χ3n) is 1.97. The largest absolute Gasteiger partial charge is 0.306 e. The SMILES string of the molecule is CC(=O)SCCC=Cc1cncc([N+](=O)[O-])c1Cl. The van der Waals surface area contributed by atoms with Crippen LogP contribution in [0.25, 0.3) is 6.08 Å². The van der Waals surface area contributed by atoms with Crippen LogP contribution in [-0.2, 0) is 4.79 Å². The van der Waals surface area contributed by atoms with Crippen molar-refractivity contribution in [1.82, 2.24) is 4.98 Å². The van der Waals surface area contributed by atoms with Crippen molar-refractivity contribution in [1.29, 1.82) is 0 Å². The number of pyridine rings is 1. The summed E-state index contributed by atoms with van der Waals surface area (Å²) in [5, 5.41) is 10.8. The van der Waals surface area contributed by atoms with E-state index in [0.29, 0.717) is 17.7 Å². The van der Waals surface area contributed by atoms with E-state index in [-0.39, 0.29) is 15.8 Å². The van der Waals surface area contributed by atoms with Gasteiger partial charge in [-0.25, -0.2) is 0 Å². The van der Waals surface area contributed by atoms with Crippen LogP contribution in [0.1, 0.15) is 18.9 Å². The summed E-state index contributed by atoms with van der Waals surface area (Å²) in [4.78, 5) is 24.5. The van der Waals surface area contributed by atoms with E-state index < -0.39 is 4.92 Å². The summed E-state index contributed by atoms with van der Waals surface area (Å²) < 4.78 is 0. The first-order chi connectivity index (χ1) is 8.52. The Morgan fingerprint density at radius 1 is 1.61 bits per heavy atom. The minimum Gasteiger partial charge on any atom is -0.288 e. The van der Waals surface area contributed by atoms with Crippen LogP contribution in [0.2, 0.25) is 5.02 Å².